The van der Waals surface area contributed by atoms with E-state index in [9.17, 15) is 0 Å². The first-order valence-corrected chi connectivity index (χ1v) is 4.84. The van der Waals surface area contributed by atoms with E-state index in [-0.39, 0.29) is 5.41 Å². The Morgan fingerprint density at radius 3 is 2.23 bits per heavy atom. The van der Waals surface area contributed by atoms with E-state index in [1.807, 2.05) is 20.0 Å². The molecule has 1 aromatic heterocycles. The van der Waals surface area contributed by atoms with Gasteiger partial charge in [0.2, 0.25) is 0 Å². The number of aryl methyl sites for hydroxylation is 1. The molecule has 1 rings (SSSR count). The lowest BCUT2D eigenvalue weighted by atomic mass is 9.90. The third kappa shape index (κ3) is 2.02. The van der Waals surface area contributed by atoms with E-state index in [4.69, 9.17) is 11.6 Å². The monoisotopic (exact) mass is 197 g/mol. The topological polar surface area (TPSA) is 12.9 Å². The molecule has 1 nitrogen and oxygen atoms in total. The van der Waals surface area contributed by atoms with Crippen molar-refractivity contribution in [3.8, 4) is 0 Å². The highest BCUT2D eigenvalue weighted by Gasteiger charge is 2.20. The second-order valence-electron chi connectivity index (χ2n) is 4.48. The van der Waals surface area contributed by atoms with Crippen molar-refractivity contribution in [1.29, 1.82) is 0 Å². The van der Waals surface area contributed by atoms with Crippen LogP contribution in [-0.4, -0.2) is 4.98 Å². The Hall–Kier alpha value is -0.560. The second kappa shape index (κ2) is 3.30. The number of hydrogen-bond acceptors (Lipinski definition) is 1. The van der Waals surface area contributed by atoms with Crippen molar-refractivity contribution in [3.05, 3.63) is 28.0 Å². The molecule has 0 fully saturated rings. The maximum atomic E-state index is 6.22. The summed E-state index contributed by atoms with van der Waals surface area (Å²) in [5.74, 6) is 0. The molecule has 0 saturated heterocycles. The molecule has 0 N–H and O–H groups in total. The van der Waals surface area contributed by atoms with Gasteiger partial charge < -0.3 is 0 Å². The molecule has 0 saturated carbocycles. The van der Waals surface area contributed by atoms with Crippen LogP contribution in [0.1, 0.15) is 37.6 Å². The molecular weight excluding hydrogens is 182 g/mol. The standard InChI is InChI=1S/C11H16ClN/c1-7-6-13-10(11(3,4)5)9(12)8(7)2/h6H,1-5H3. The normalized spacial score (nSPS) is 11.8. The van der Waals surface area contributed by atoms with Crippen LogP contribution in [0.25, 0.3) is 0 Å². The fraction of sp³-hybridized carbons (Fsp3) is 0.545. The van der Waals surface area contributed by atoms with Gasteiger partial charge in [0.1, 0.15) is 0 Å². The molecule has 72 valence electrons. The van der Waals surface area contributed by atoms with Gasteiger partial charge in [0.25, 0.3) is 0 Å². The predicted molar refractivity (Wildman–Crippen MR) is 57.4 cm³/mol. The number of rotatable bonds is 0. The van der Waals surface area contributed by atoms with Crippen molar-refractivity contribution in [3.63, 3.8) is 0 Å². The Balaban J connectivity index is 3.35. The highest BCUT2D eigenvalue weighted by atomic mass is 35.5. The number of hydrogen-bond donors (Lipinski definition) is 0. The smallest absolute Gasteiger partial charge is 0.0658 e. The average Bonchev–Trinajstić information content (AvgIpc) is 1.98. The molecule has 0 aliphatic rings. The van der Waals surface area contributed by atoms with E-state index in [0.717, 1.165) is 21.8 Å². The van der Waals surface area contributed by atoms with Gasteiger partial charge in [-0.2, -0.15) is 0 Å². The molecule has 0 unspecified atom stereocenters. The molecule has 0 atom stereocenters. The molecule has 1 aromatic rings. The molecule has 0 aromatic carbocycles. The number of pyridine rings is 1. The van der Waals surface area contributed by atoms with Crippen LogP contribution in [-0.2, 0) is 5.41 Å². The molecule has 0 aliphatic heterocycles. The molecule has 0 spiro atoms. The molecular formula is C11H16ClN. The summed E-state index contributed by atoms with van der Waals surface area (Å²) in [6, 6.07) is 0. The fourth-order valence-electron chi connectivity index (χ4n) is 1.19. The van der Waals surface area contributed by atoms with Crippen LogP contribution in [0.15, 0.2) is 6.20 Å². The van der Waals surface area contributed by atoms with Crippen LogP contribution < -0.4 is 0 Å². The van der Waals surface area contributed by atoms with Crippen LogP contribution in [0.5, 0.6) is 0 Å². The maximum Gasteiger partial charge on any atom is 0.0658 e. The van der Waals surface area contributed by atoms with Crippen molar-refractivity contribution in [2.24, 2.45) is 0 Å². The first kappa shape index (κ1) is 10.5. The largest absolute Gasteiger partial charge is 0.259 e. The van der Waals surface area contributed by atoms with Crippen LogP contribution in [0.3, 0.4) is 0 Å². The number of halogens is 1. The van der Waals surface area contributed by atoms with Crippen molar-refractivity contribution in [2.75, 3.05) is 0 Å². The minimum absolute atomic E-state index is 0.0234. The first-order chi connectivity index (χ1) is 5.84. The van der Waals surface area contributed by atoms with Gasteiger partial charge in [0.05, 0.1) is 10.7 Å². The van der Waals surface area contributed by atoms with E-state index in [1.165, 1.54) is 0 Å². The lowest BCUT2D eigenvalue weighted by Gasteiger charge is -2.20. The van der Waals surface area contributed by atoms with Gasteiger partial charge in [0.15, 0.2) is 0 Å². The number of nitrogens with zero attached hydrogens (tertiary/aromatic N) is 1. The molecule has 0 radical (unpaired) electrons. The summed E-state index contributed by atoms with van der Waals surface area (Å²) in [4.78, 5) is 4.38. The highest BCUT2D eigenvalue weighted by Crippen LogP contribution is 2.30. The Labute approximate surface area is 85.1 Å². The van der Waals surface area contributed by atoms with Gasteiger partial charge in [0, 0.05) is 11.6 Å². The summed E-state index contributed by atoms with van der Waals surface area (Å²) in [6.07, 6.45) is 1.89. The van der Waals surface area contributed by atoms with Gasteiger partial charge in [-0.3, -0.25) is 4.98 Å². The van der Waals surface area contributed by atoms with Crippen LogP contribution in [0.4, 0.5) is 0 Å². The zero-order chi connectivity index (χ0) is 10.2. The summed E-state index contributed by atoms with van der Waals surface area (Å²) in [5, 5.41) is 0.813. The summed E-state index contributed by atoms with van der Waals surface area (Å²) < 4.78 is 0. The molecule has 1 heterocycles. The summed E-state index contributed by atoms with van der Waals surface area (Å²) >= 11 is 6.22. The lowest BCUT2D eigenvalue weighted by Crippen LogP contribution is -2.15. The van der Waals surface area contributed by atoms with Gasteiger partial charge in [-0.15, -0.1) is 0 Å². The first-order valence-electron chi connectivity index (χ1n) is 4.46. The minimum Gasteiger partial charge on any atom is -0.259 e. The minimum atomic E-state index is 0.0234. The quantitative estimate of drug-likeness (QED) is 0.619. The Morgan fingerprint density at radius 2 is 1.77 bits per heavy atom. The van der Waals surface area contributed by atoms with Crippen LogP contribution >= 0.6 is 11.6 Å². The van der Waals surface area contributed by atoms with Crippen LogP contribution in [0.2, 0.25) is 5.02 Å². The Bertz CT molecular complexity index is 324. The van der Waals surface area contributed by atoms with Gasteiger partial charge in [-0.05, 0) is 25.0 Å². The molecule has 13 heavy (non-hydrogen) atoms. The van der Waals surface area contributed by atoms with E-state index < -0.39 is 0 Å². The molecule has 0 amide bonds. The van der Waals surface area contributed by atoms with Gasteiger partial charge >= 0.3 is 0 Å². The highest BCUT2D eigenvalue weighted by molar-refractivity contribution is 6.32. The Morgan fingerprint density at radius 1 is 1.23 bits per heavy atom. The summed E-state index contributed by atoms with van der Waals surface area (Å²) in [5.41, 5.74) is 3.30. The van der Waals surface area contributed by atoms with E-state index >= 15 is 0 Å². The van der Waals surface area contributed by atoms with Crippen molar-refractivity contribution in [2.45, 2.75) is 40.0 Å². The third-order valence-electron chi connectivity index (χ3n) is 2.23. The van der Waals surface area contributed by atoms with Crippen LogP contribution in [0, 0.1) is 13.8 Å². The van der Waals surface area contributed by atoms with Crippen molar-refractivity contribution >= 4 is 11.6 Å². The van der Waals surface area contributed by atoms with E-state index in [1.54, 1.807) is 0 Å². The van der Waals surface area contributed by atoms with Crippen molar-refractivity contribution < 1.29 is 0 Å². The SMILES string of the molecule is Cc1cnc(C(C)(C)C)c(Cl)c1C. The second-order valence-corrected chi connectivity index (χ2v) is 4.86. The van der Waals surface area contributed by atoms with Crippen molar-refractivity contribution in [1.82, 2.24) is 4.98 Å². The van der Waals surface area contributed by atoms with E-state index in [0.29, 0.717) is 0 Å². The summed E-state index contributed by atoms with van der Waals surface area (Å²) in [7, 11) is 0. The maximum absolute atomic E-state index is 6.22. The predicted octanol–water partition coefficient (Wildman–Crippen LogP) is 3.65. The zero-order valence-corrected chi connectivity index (χ0v) is 9.66. The molecule has 0 bridgehead atoms. The number of aromatic nitrogens is 1. The zero-order valence-electron chi connectivity index (χ0n) is 8.90. The summed E-state index contributed by atoms with van der Waals surface area (Å²) in [6.45, 7) is 10.4. The Kier molecular flexibility index (Phi) is 2.67. The fourth-order valence-corrected chi connectivity index (χ4v) is 1.67. The lowest BCUT2D eigenvalue weighted by molar-refractivity contribution is 0.568. The molecule has 0 aliphatic carbocycles. The van der Waals surface area contributed by atoms with Gasteiger partial charge in [-0.25, -0.2) is 0 Å². The van der Waals surface area contributed by atoms with E-state index in [2.05, 4.69) is 25.8 Å². The third-order valence-corrected chi connectivity index (χ3v) is 2.69. The average molecular weight is 198 g/mol. The molecule has 2 heteroatoms. The van der Waals surface area contributed by atoms with Gasteiger partial charge in [-0.1, -0.05) is 32.4 Å².